The number of ether oxygens (including phenoxy) is 4. The standard InChI is InChI=1S/C12H21BO5/c1-7(2)16-6-9-10(14)11(12(13)18-9)17-8(3)5-15-4/h8-12,14H,1,5-6H2,2-4H3. The third-order valence-corrected chi connectivity index (χ3v) is 2.66. The number of rotatable bonds is 7. The van der Waals surface area contributed by atoms with Crippen molar-refractivity contribution in [2.75, 3.05) is 20.3 Å². The van der Waals surface area contributed by atoms with Crippen LogP contribution in [0, 0.1) is 0 Å². The normalized spacial score (nSPS) is 33.3. The van der Waals surface area contributed by atoms with Crippen molar-refractivity contribution in [2.45, 2.75) is 44.3 Å². The van der Waals surface area contributed by atoms with Gasteiger partial charge in [0.15, 0.2) is 0 Å². The van der Waals surface area contributed by atoms with Gasteiger partial charge in [-0.2, -0.15) is 0 Å². The molecule has 0 aromatic carbocycles. The minimum atomic E-state index is -0.821. The van der Waals surface area contributed by atoms with Crippen LogP contribution in [0.3, 0.4) is 0 Å². The van der Waals surface area contributed by atoms with Crippen LogP contribution in [0.25, 0.3) is 0 Å². The van der Waals surface area contributed by atoms with Gasteiger partial charge in [-0.25, -0.2) is 0 Å². The third kappa shape index (κ3) is 4.28. The molecule has 0 bridgehead atoms. The summed E-state index contributed by atoms with van der Waals surface area (Å²) in [6.45, 7) is 7.84. The zero-order chi connectivity index (χ0) is 13.7. The van der Waals surface area contributed by atoms with Crippen LogP contribution >= 0.6 is 0 Å². The van der Waals surface area contributed by atoms with E-state index in [9.17, 15) is 5.11 Å². The lowest BCUT2D eigenvalue weighted by Crippen LogP contribution is -2.39. The van der Waals surface area contributed by atoms with Gasteiger partial charge in [0.1, 0.15) is 32.8 Å². The lowest BCUT2D eigenvalue weighted by Gasteiger charge is -2.23. The zero-order valence-corrected chi connectivity index (χ0v) is 11.2. The van der Waals surface area contributed by atoms with E-state index < -0.39 is 24.3 Å². The first-order valence-corrected chi connectivity index (χ1v) is 5.97. The molecule has 5 atom stereocenters. The molecule has 5 unspecified atom stereocenters. The van der Waals surface area contributed by atoms with Gasteiger partial charge >= 0.3 is 0 Å². The number of aliphatic hydroxyl groups excluding tert-OH is 1. The second-order valence-corrected chi connectivity index (χ2v) is 4.51. The maximum Gasteiger partial charge on any atom is 0.119 e. The van der Waals surface area contributed by atoms with E-state index in [1.807, 2.05) is 6.92 Å². The van der Waals surface area contributed by atoms with E-state index in [1.54, 1.807) is 14.0 Å². The largest absolute Gasteiger partial charge is 0.496 e. The summed E-state index contributed by atoms with van der Waals surface area (Å²) < 4.78 is 21.2. The predicted octanol–water partition coefficient (Wildman–Crippen LogP) is 0.211. The molecule has 0 spiro atoms. The Balaban J connectivity index is 2.47. The first-order chi connectivity index (χ1) is 8.45. The van der Waals surface area contributed by atoms with Crippen molar-refractivity contribution in [2.24, 2.45) is 0 Å². The number of allylic oxidation sites excluding steroid dienone is 1. The van der Waals surface area contributed by atoms with Crippen molar-refractivity contribution in [1.82, 2.24) is 0 Å². The van der Waals surface area contributed by atoms with Gasteiger partial charge in [-0.05, 0) is 13.8 Å². The van der Waals surface area contributed by atoms with E-state index in [4.69, 9.17) is 26.8 Å². The molecule has 1 N–H and O–H groups in total. The number of hydrogen-bond acceptors (Lipinski definition) is 5. The molecular formula is C12H21BO5. The Hall–Kier alpha value is -0.555. The van der Waals surface area contributed by atoms with Crippen molar-refractivity contribution in [3.63, 3.8) is 0 Å². The summed E-state index contributed by atoms with van der Waals surface area (Å²) >= 11 is 0. The Morgan fingerprint density at radius 1 is 1.56 bits per heavy atom. The molecule has 6 heteroatoms. The van der Waals surface area contributed by atoms with Gasteiger partial charge in [-0.3, -0.25) is 0 Å². The second kappa shape index (κ2) is 7.14. The van der Waals surface area contributed by atoms with Crippen molar-refractivity contribution in [1.29, 1.82) is 0 Å². The minimum Gasteiger partial charge on any atom is -0.496 e. The molecule has 0 aromatic heterocycles. The Bertz CT molecular complexity index is 273. The van der Waals surface area contributed by atoms with Gasteiger partial charge < -0.3 is 24.1 Å². The Morgan fingerprint density at radius 2 is 2.22 bits per heavy atom. The molecule has 1 heterocycles. The smallest absolute Gasteiger partial charge is 0.119 e. The Kier molecular flexibility index (Phi) is 6.15. The third-order valence-electron chi connectivity index (χ3n) is 2.66. The van der Waals surface area contributed by atoms with Crippen LogP contribution in [0.15, 0.2) is 12.3 Å². The molecule has 2 radical (unpaired) electrons. The molecule has 0 aromatic rings. The summed E-state index contributed by atoms with van der Waals surface area (Å²) in [6.07, 6.45) is -2.06. The highest BCUT2D eigenvalue weighted by Crippen LogP contribution is 2.24. The van der Waals surface area contributed by atoms with Crippen molar-refractivity contribution < 1.29 is 24.1 Å². The van der Waals surface area contributed by atoms with Gasteiger partial charge in [0.25, 0.3) is 0 Å². The van der Waals surface area contributed by atoms with Crippen LogP contribution in [0.2, 0.25) is 0 Å². The average Bonchev–Trinajstić information content (AvgIpc) is 2.54. The lowest BCUT2D eigenvalue weighted by atomic mass is 9.92. The fraction of sp³-hybridized carbons (Fsp3) is 0.833. The highest BCUT2D eigenvalue weighted by atomic mass is 16.6. The fourth-order valence-electron chi connectivity index (χ4n) is 1.83. The lowest BCUT2D eigenvalue weighted by molar-refractivity contribution is -0.0806. The number of aliphatic hydroxyl groups is 1. The molecule has 1 aliphatic heterocycles. The SMILES string of the molecule is [B]C1OC(COC(=C)C)C(O)C1OC(C)COC. The van der Waals surface area contributed by atoms with E-state index in [2.05, 4.69) is 6.58 Å². The van der Waals surface area contributed by atoms with Gasteiger partial charge in [-0.1, -0.05) is 6.58 Å². The highest BCUT2D eigenvalue weighted by Gasteiger charge is 2.42. The average molecular weight is 256 g/mol. The van der Waals surface area contributed by atoms with E-state index in [0.717, 1.165) is 0 Å². The number of hydrogen-bond donors (Lipinski definition) is 1. The maximum atomic E-state index is 10.1. The summed E-state index contributed by atoms with van der Waals surface area (Å²) in [7, 11) is 7.37. The Morgan fingerprint density at radius 3 is 2.78 bits per heavy atom. The Labute approximate surface area is 109 Å². The zero-order valence-electron chi connectivity index (χ0n) is 11.2. The van der Waals surface area contributed by atoms with E-state index in [-0.39, 0.29) is 12.7 Å². The summed E-state index contributed by atoms with van der Waals surface area (Å²) in [4.78, 5) is 0. The molecule has 18 heavy (non-hydrogen) atoms. The molecule has 1 rings (SSSR count). The topological polar surface area (TPSA) is 57.2 Å². The van der Waals surface area contributed by atoms with Gasteiger partial charge in [0, 0.05) is 13.1 Å². The molecule has 0 amide bonds. The van der Waals surface area contributed by atoms with Crippen LogP contribution < -0.4 is 0 Å². The van der Waals surface area contributed by atoms with E-state index in [1.165, 1.54) is 0 Å². The summed E-state index contributed by atoms with van der Waals surface area (Å²) in [6, 6.07) is -0.668. The highest BCUT2D eigenvalue weighted by molar-refractivity contribution is 6.11. The van der Waals surface area contributed by atoms with Crippen LogP contribution in [-0.2, 0) is 18.9 Å². The van der Waals surface area contributed by atoms with Crippen molar-refractivity contribution in [3.8, 4) is 0 Å². The molecule has 102 valence electrons. The van der Waals surface area contributed by atoms with Crippen LogP contribution in [0.5, 0.6) is 0 Å². The molecule has 1 saturated heterocycles. The van der Waals surface area contributed by atoms with Crippen molar-refractivity contribution >= 4 is 7.85 Å². The van der Waals surface area contributed by atoms with Crippen LogP contribution in [-0.4, -0.2) is 63.7 Å². The summed E-state index contributed by atoms with van der Waals surface area (Å²) in [5.74, 6) is 0.566. The van der Waals surface area contributed by atoms with Gasteiger partial charge in [0.2, 0.25) is 0 Å². The quantitative estimate of drug-likeness (QED) is 0.521. The van der Waals surface area contributed by atoms with Crippen LogP contribution in [0.1, 0.15) is 13.8 Å². The summed E-state index contributed by atoms with van der Waals surface area (Å²) in [5, 5.41) is 10.1. The molecular weight excluding hydrogens is 235 g/mol. The fourth-order valence-corrected chi connectivity index (χ4v) is 1.83. The van der Waals surface area contributed by atoms with Crippen LogP contribution in [0.4, 0.5) is 0 Å². The van der Waals surface area contributed by atoms with Gasteiger partial charge in [0.05, 0.1) is 18.5 Å². The monoisotopic (exact) mass is 256 g/mol. The first-order valence-electron chi connectivity index (χ1n) is 5.97. The minimum absolute atomic E-state index is 0.162. The maximum absolute atomic E-state index is 10.1. The molecule has 0 aliphatic carbocycles. The number of methoxy groups -OCH3 is 1. The van der Waals surface area contributed by atoms with E-state index in [0.29, 0.717) is 12.4 Å². The summed E-state index contributed by atoms with van der Waals surface area (Å²) in [5.41, 5.74) is 0. The molecule has 0 saturated carbocycles. The molecule has 5 nitrogen and oxygen atoms in total. The van der Waals surface area contributed by atoms with Crippen molar-refractivity contribution in [3.05, 3.63) is 12.3 Å². The van der Waals surface area contributed by atoms with Gasteiger partial charge in [-0.15, -0.1) is 0 Å². The molecule has 1 aliphatic rings. The first kappa shape index (κ1) is 15.5. The molecule has 1 fully saturated rings. The predicted molar refractivity (Wildman–Crippen MR) is 67.4 cm³/mol. The van der Waals surface area contributed by atoms with E-state index >= 15 is 0 Å². The second-order valence-electron chi connectivity index (χ2n) is 4.51.